The molecule has 102 valence electrons. The smallest absolute Gasteiger partial charge is 0.146 e. The van der Waals surface area contributed by atoms with Crippen LogP contribution in [-0.4, -0.2) is 28.2 Å². The Balaban J connectivity index is 2.66. The molecule has 3 heteroatoms. The van der Waals surface area contributed by atoms with Crippen LogP contribution in [0.2, 0.25) is 0 Å². The highest BCUT2D eigenvalue weighted by Gasteiger charge is 2.64. The molecule has 3 nitrogen and oxygen atoms in total. The molecule has 0 heterocycles. The van der Waals surface area contributed by atoms with Crippen molar-refractivity contribution in [2.75, 3.05) is 0 Å². The summed E-state index contributed by atoms with van der Waals surface area (Å²) >= 11 is 0. The molecule has 3 atom stereocenters. The second-order valence-electron chi connectivity index (χ2n) is 6.81. The Hall–Kier alpha value is -0.670. The third kappa shape index (κ3) is 1.41. The van der Waals surface area contributed by atoms with Crippen molar-refractivity contribution in [3.8, 4) is 0 Å². The van der Waals surface area contributed by atoms with Crippen molar-refractivity contribution in [3.63, 3.8) is 0 Å². The second-order valence-corrected chi connectivity index (χ2v) is 6.81. The van der Waals surface area contributed by atoms with Crippen LogP contribution in [0.15, 0.2) is 11.1 Å². The van der Waals surface area contributed by atoms with Gasteiger partial charge in [0.1, 0.15) is 6.29 Å². The van der Waals surface area contributed by atoms with Gasteiger partial charge in [0, 0.05) is 5.57 Å². The Morgan fingerprint density at radius 3 is 2.44 bits per heavy atom. The Bertz CT molecular complexity index is 410. The molecule has 1 fully saturated rings. The molecule has 2 aliphatic rings. The zero-order valence-electron chi connectivity index (χ0n) is 11.8. The third-order valence-electron chi connectivity index (χ3n) is 5.69. The van der Waals surface area contributed by atoms with Crippen molar-refractivity contribution < 1.29 is 15.0 Å². The molecule has 0 aliphatic heterocycles. The summed E-state index contributed by atoms with van der Waals surface area (Å²) < 4.78 is 0. The summed E-state index contributed by atoms with van der Waals surface area (Å²) in [4.78, 5) is 11.4. The minimum atomic E-state index is -1.01. The van der Waals surface area contributed by atoms with E-state index >= 15 is 0 Å². The Morgan fingerprint density at radius 1 is 1.28 bits per heavy atom. The van der Waals surface area contributed by atoms with Crippen LogP contribution in [-0.2, 0) is 4.79 Å². The topological polar surface area (TPSA) is 57.5 Å². The second kappa shape index (κ2) is 3.91. The van der Waals surface area contributed by atoms with Gasteiger partial charge in [-0.05, 0) is 38.0 Å². The lowest BCUT2D eigenvalue weighted by molar-refractivity contribution is -0.217. The first-order valence-corrected chi connectivity index (χ1v) is 6.76. The standard InChI is InChI=1S/C15H24O3/c1-10-5-8-15(18)13(2,3)7-6-12(17)14(15,4)11(10)9-16/h9,12,17-18H,5-8H2,1-4H3/t12-,14-,15+/m1/s1. The lowest BCUT2D eigenvalue weighted by Gasteiger charge is -2.61. The molecule has 1 saturated carbocycles. The van der Waals surface area contributed by atoms with E-state index in [9.17, 15) is 15.0 Å². The number of aliphatic hydroxyl groups is 2. The predicted octanol–water partition coefficient (Wildman–Crippen LogP) is 2.21. The normalized spacial score (nSPS) is 43.6. The average Bonchev–Trinajstić information content (AvgIpc) is 2.30. The van der Waals surface area contributed by atoms with Crippen molar-refractivity contribution >= 4 is 6.29 Å². The Morgan fingerprint density at radius 2 is 1.89 bits per heavy atom. The van der Waals surface area contributed by atoms with Crippen LogP contribution >= 0.6 is 0 Å². The fourth-order valence-corrected chi connectivity index (χ4v) is 4.14. The Kier molecular flexibility index (Phi) is 2.99. The molecule has 0 amide bonds. The summed E-state index contributed by atoms with van der Waals surface area (Å²) in [6.07, 6.45) is 2.96. The minimum Gasteiger partial charge on any atom is -0.392 e. The first kappa shape index (κ1) is 13.8. The maximum Gasteiger partial charge on any atom is 0.146 e. The molecule has 0 aromatic rings. The van der Waals surface area contributed by atoms with Crippen LogP contribution in [0.1, 0.15) is 53.4 Å². The van der Waals surface area contributed by atoms with E-state index in [1.54, 1.807) is 0 Å². The van der Waals surface area contributed by atoms with Gasteiger partial charge in [0.05, 0.1) is 17.1 Å². The zero-order chi connectivity index (χ0) is 13.8. The van der Waals surface area contributed by atoms with Crippen LogP contribution in [0.4, 0.5) is 0 Å². The maximum atomic E-state index is 11.4. The lowest BCUT2D eigenvalue weighted by Crippen LogP contribution is -2.66. The molecule has 0 saturated heterocycles. The molecule has 0 aromatic heterocycles. The third-order valence-corrected chi connectivity index (χ3v) is 5.69. The fourth-order valence-electron chi connectivity index (χ4n) is 4.14. The van der Waals surface area contributed by atoms with E-state index in [-0.39, 0.29) is 5.41 Å². The van der Waals surface area contributed by atoms with Gasteiger partial charge in [-0.2, -0.15) is 0 Å². The summed E-state index contributed by atoms with van der Waals surface area (Å²) in [6, 6.07) is 0. The number of hydrogen-bond donors (Lipinski definition) is 2. The van der Waals surface area contributed by atoms with Gasteiger partial charge in [0.15, 0.2) is 0 Å². The summed E-state index contributed by atoms with van der Waals surface area (Å²) in [5.74, 6) is 0. The first-order valence-electron chi connectivity index (χ1n) is 6.76. The van der Waals surface area contributed by atoms with Gasteiger partial charge in [0.25, 0.3) is 0 Å². The summed E-state index contributed by atoms with van der Waals surface area (Å²) in [5.41, 5.74) is -0.507. The number of carbonyl (C=O) groups is 1. The highest BCUT2D eigenvalue weighted by Crippen LogP contribution is 2.61. The van der Waals surface area contributed by atoms with Gasteiger partial charge in [-0.25, -0.2) is 0 Å². The quantitative estimate of drug-likeness (QED) is 0.703. The van der Waals surface area contributed by atoms with E-state index in [4.69, 9.17) is 0 Å². The zero-order valence-corrected chi connectivity index (χ0v) is 11.8. The van der Waals surface area contributed by atoms with Crippen molar-refractivity contribution in [2.24, 2.45) is 10.8 Å². The van der Waals surface area contributed by atoms with Gasteiger partial charge >= 0.3 is 0 Å². The number of aliphatic hydroxyl groups excluding tert-OH is 1. The van der Waals surface area contributed by atoms with Gasteiger partial charge < -0.3 is 10.2 Å². The van der Waals surface area contributed by atoms with E-state index in [0.717, 1.165) is 24.7 Å². The summed E-state index contributed by atoms with van der Waals surface area (Å²) in [7, 11) is 0. The van der Waals surface area contributed by atoms with Gasteiger partial charge in [-0.15, -0.1) is 0 Å². The van der Waals surface area contributed by atoms with Gasteiger partial charge in [0.2, 0.25) is 0 Å². The average molecular weight is 252 g/mol. The van der Waals surface area contributed by atoms with Crippen LogP contribution in [0.5, 0.6) is 0 Å². The predicted molar refractivity (Wildman–Crippen MR) is 70.1 cm³/mol. The van der Waals surface area contributed by atoms with Crippen molar-refractivity contribution in [2.45, 2.75) is 65.1 Å². The molecule has 2 aliphatic carbocycles. The van der Waals surface area contributed by atoms with Crippen molar-refractivity contribution in [3.05, 3.63) is 11.1 Å². The number of hydrogen-bond acceptors (Lipinski definition) is 3. The Labute approximate surface area is 109 Å². The van der Waals surface area contributed by atoms with Crippen molar-refractivity contribution in [1.29, 1.82) is 0 Å². The molecular weight excluding hydrogens is 228 g/mol. The van der Waals surface area contributed by atoms with Gasteiger partial charge in [-0.3, -0.25) is 4.79 Å². The van der Waals surface area contributed by atoms with Gasteiger partial charge in [-0.1, -0.05) is 26.3 Å². The minimum absolute atomic E-state index is 0.282. The van der Waals surface area contributed by atoms with E-state index in [2.05, 4.69) is 0 Å². The van der Waals surface area contributed by atoms with E-state index in [1.807, 2.05) is 27.7 Å². The number of fused-ring (bicyclic) bond motifs is 1. The molecule has 0 unspecified atom stereocenters. The number of rotatable bonds is 1. The number of allylic oxidation sites excluding steroid dienone is 1. The van der Waals surface area contributed by atoms with Crippen molar-refractivity contribution in [1.82, 2.24) is 0 Å². The summed E-state index contributed by atoms with van der Waals surface area (Å²) in [5, 5.41) is 21.6. The largest absolute Gasteiger partial charge is 0.392 e. The summed E-state index contributed by atoms with van der Waals surface area (Å²) in [6.45, 7) is 7.87. The maximum absolute atomic E-state index is 11.4. The van der Waals surface area contributed by atoms with Crippen LogP contribution in [0, 0.1) is 10.8 Å². The molecule has 2 rings (SSSR count). The highest BCUT2D eigenvalue weighted by molar-refractivity contribution is 5.78. The number of aldehydes is 1. The van der Waals surface area contributed by atoms with E-state index < -0.39 is 17.1 Å². The van der Waals surface area contributed by atoms with Crippen LogP contribution in [0.25, 0.3) is 0 Å². The van der Waals surface area contributed by atoms with E-state index in [0.29, 0.717) is 18.4 Å². The molecular formula is C15H24O3. The number of carbonyl (C=O) groups excluding carboxylic acids is 1. The highest BCUT2D eigenvalue weighted by atomic mass is 16.3. The SMILES string of the molecule is CC1=C(C=O)[C@]2(C)[C@H](O)CCC(C)(C)[C@@]2(O)CC1. The molecule has 0 bridgehead atoms. The molecule has 0 spiro atoms. The van der Waals surface area contributed by atoms with E-state index in [1.165, 1.54) is 0 Å². The van der Waals surface area contributed by atoms with Crippen LogP contribution < -0.4 is 0 Å². The molecule has 18 heavy (non-hydrogen) atoms. The fraction of sp³-hybridized carbons (Fsp3) is 0.800. The molecule has 2 N–H and O–H groups in total. The monoisotopic (exact) mass is 252 g/mol. The molecule has 0 radical (unpaired) electrons. The molecule has 0 aromatic carbocycles. The lowest BCUT2D eigenvalue weighted by atomic mass is 9.46. The van der Waals surface area contributed by atoms with Crippen LogP contribution in [0.3, 0.4) is 0 Å². The first-order chi connectivity index (χ1) is 8.20.